The van der Waals surface area contributed by atoms with Crippen LogP contribution in [0.2, 0.25) is 0 Å². The second kappa shape index (κ2) is 5.97. The smallest absolute Gasteiger partial charge is 0.221 e. The topological polar surface area (TPSA) is 38.3 Å². The second-order valence-corrected chi connectivity index (χ2v) is 6.98. The number of aryl methyl sites for hydroxylation is 2. The molecule has 0 atom stereocenters. The molecular weight excluding hydrogens is 298 g/mol. The summed E-state index contributed by atoms with van der Waals surface area (Å²) in [5, 5.41) is 2.97. The van der Waals surface area contributed by atoms with E-state index in [9.17, 15) is 4.79 Å². The third kappa shape index (κ3) is 2.91. The minimum absolute atomic E-state index is 0.0153. The van der Waals surface area contributed by atoms with Gasteiger partial charge in [-0.2, -0.15) is 0 Å². The maximum atomic E-state index is 11.5. The fourth-order valence-electron chi connectivity index (χ4n) is 3.56. The van der Waals surface area contributed by atoms with Gasteiger partial charge in [-0.25, -0.2) is 0 Å². The molecule has 1 aliphatic heterocycles. The van der Waals surface area contributed by atoms with Gasteiger partial charge in [-0.1, -0.05) is 6.07 Å². The second-order valence-electron chi connectivity index (χ2n) is 6.98. The summed E-state index contributed by atoms with van der Waals surface area (Å²) in [4.78, 5) is 11.5. The Balaban J connectivity index is 1.79. The number of rotatable bonds is 3. The van der Waals surface area contributed by atoms with Gasteiger partial charge in [0, 0.05) is 12.6 Å². The van der Waals surface area contributed by atoms with Gasteiger partial charge in [0.15, 0.2) is 0 Å². The van der Waals surface area contributed by atoms with Gasteiger partial charge >= 0.3 is 0 Å². The zero-order valence-corrected chi connectivity index (χ0v) is 14.3. The Labute approximate surface area is 143 Å². The van der Waals surface area contributed by atoms with Gasteiger partial charge in [0.25, 0.3) is 0 Å². The summed E-state index contributed by atoms with van der Waals surface area (Å²) in [6.07, 6.45) is 4.66. The molecule has 2 aromatic rings. The Morgan fingerprint density at radius 1 is 1.21 bits per heavy atom. The number of fused-ring (bicyclic) bond motifs is 1. The average molecular weight is 321 g/mol. The molecule has 1 aliphatic carbocycles. The molecule has 1 saturated carbocycles. The third-order valence-corrected chi connectivity index (χ3v) is 4.94. The van der Waals surface area contributed by atoms with Crippen LogP contribution < -0.4 is 10.1 Å². The van der Waals surface area contributed by atoms with Crippen LogP contribution in [0.5, 0.6) is 5.75 Å². The van der Waals surface area contributed by atoms with Crippen molar-refractivity contribution >= 4 is 11.6 Å². The van der Waals surface area contributed by atoms with E-state index in [-0.39, 0.29) is 5.91 Å². The lowest BCUT2D eigenvalue weighted by Crippen LogP contribution is -2.09. The van der Waals surface area contributed by atoms with Gasteiger partial charge in [0.1, 0.15) is 5.75 Å². The number of benzene rings is 2. The Morgan fingerprint density at radius 2 is 2.04 bits per heavy atom. The van der Waals surface area contributed by atoms with Crippen LogP contribution in [0.1, 0.15) is 48.8 Å². The highest BCUT2D eigenvalue weighted by Gasteiger charge is 2.27. The van der Waals surface area contributed by atoms with Crippen LogP contribution in [0.15, 0.2) is 30.3 Å². The first-order chi connectivity index (χ1) is 11.6. The van der Waals surface area contributed by atoms with Crippen LogP contribution >= 0.6 is 0 Å². The number of carbonyl (C=O) groups excluding carboxylic acids is 1. The summed E-state index contributed by atoms with van der Waals surface area (Å²) in [5.74, 6) is 1.64. The van der Waals surface area contributed by atoms with Gasteiger partial charge in [-0.3, -0.25) is 4.79 Å². The fraction of sp³-hybridized carbons (Fsp3) is 0.381. The molecule has 0 bridgehead atoms. The number of ether oxygens (including phenoxy) is 1. The van der Waals surface area contributed by atoms with E-state index in [1.54, 1.807) is 6.92 Å². The number of amides is 1. The molecule has 0 spiro atoms. The number of hydrogen-bond donors (Lipinski definition) is 1. The Hall–Kier alpha value is -2.29. The maximum absolute atomic E-state index is 11.5. The van der Waals surface area contributed by atoms with Crippen LogP contribution in [0.3, 0.4) is 0 Å². The molecule has 124 valence electrons. The Bertz CT molecular complexity index is 806. The molecule has 24 heavy (non-hydrogen) atoms. The third-order valence-electron chi connectivity index (χ3n) is 4.94. The van der Waals surface area contributed by atoms with E-state index in [4.69, 9.17) is 4.74 Å². The van der Waals surface area contributed by atoms with Crippen molar-refractivity contribution < 1.29 is 9.53 Å². The summed E-state index contributed by atoms with van der Waals surface area (Å²) in [6, 6.07) is 11.0. The molecule has 1 N–H and O–H groups in total. The Morgan fingerprint density at radius 3 is 2.79 bits per heavy atom. The summed E-state index contributed by atoms with van der Waals surface area (Å²) >= 11 is 0. The predicted molar refractivity (Wildman–Crippen MR) is 96.7 cm³/mol. The van der Waals surface area contributed by atoms with Gasteiger partial charge in [0.2, 0.25) is 5.91 Å². The maximum Gasteiger partial charge on any atom is 0.221 e. The normalized spacial score (nSPS) is 16.2. The van der Waals surface area contributed by atoms with Crippen LogP contribution in [0.25, 0.3) is 11.1 Å². The van der Waals surface area contributed by atoms with Gasteiger partial charge in [0.05, 0.1) is 6.61 Å². The molecule has 3 nitrogen and oxygen atoms in total. The minimum atomic E-state index is -0.0153. The van der Waals surface area contributed by atoms with Crippen LogP contribution in [-0.2, 0) is 11.2 Å². The van der Waals surface area contributed by atoms with Crippen molar-refractivity contribution in [3.8, 4) is 16.9 Å². The van der Waals surface area contributed by atoms with Crippen molar-refractivity contribution in [2.24, 2.45) is 0 Å². The Kier molecular flexibility index (Phi) is 3.79. The molecule has 1 amide bonds. The van der Waals surface area contributed by atoms with E-state index in [1.807, 2.05) is 0 Å². The number of hydrogen-bond acceptors (Lipinski definition) is 2. The highest BCUT2D eigenvalue weighted by Crippen LogP contribution is 2.46. The first-order valence-corrected chi connectivity index (χ1v) is 8.80. The largest absolute Gasteiger partial charge is 0.493 e. The summed E-state index contributed by atoms with van der Waals surface area (Å²) in [6.45, 7) is 4.45. The molecule has 0 radical (unpaired) electrons. The molecule has 1 fully saturated rings. The molecule has 0 saturated heterocycles. The van der Waals surface area contributed by atoms with Crippen molar-refractivity contribution in [1.82, 2.24) is 0 Å². The highest BCUT2D eigenvalue weighted by molar-refractivity contribution is 5.90. The monoisotopic (exact) mass is 321 g/mol. The fourth-order valence-corrected chi connectivity index (χ4v) is 3.56. The van der Waals surface area contributed by atoms with Gasteiger partial charge < -0.3 is 10.1 Å². The van der Waals surface area contributed by atoms with Gasteiger partial charge in [-0.15, -0.1) is 0 Å². The van der Waals surface area contributed by atoms with Crippen LogP contribution in [0.4, 0.5) is 5.69 Å². The molecule has 2 aliphatic rings. The first kappa shape index (κ1) is 15.3. The lowest BCUT2D eigenvalue weighted by Gasteiger charge is -2.20. The van der Waals surface area contributed by atoms with Crippen molar-refractivity contribution in [2.45, 2.75) is 45.4 Å². The summed E-state index contributed by atoms with van der Waals surface area (Å²) < 4.78 is 5.74. The summed E-state index contributed by atoms with van der Waals surface area (Å²) in [7, 11) is 0. The lowest BCUT2D eigenvalue weighted by atomic mass is 9.91. The molecule has 0 unspecified atom stereocenters. The number of nitrogens with one attached hydrogen (secondary N) is 1. The number of carbonyl (C=O) groups is 1. The first-order valence-electron chi connectivity index (χ1n) is 8.80. The quantitative estimate of drug-likeness (QED) is 0.880. The predicted octanol–water partition coefficient (Wildman–Crippen LogP) is 4.82. The van der Waals surface area contributed by atoms with Crippen molar-refractivity contribution in [2.75, 3.05) is 11.9 Å². The highest BCUT2D eigenvalue weighted by atomic mass is 16.5. The molecule has 1 heterocycles. The zero-order valence-electron chi connectivity index (χ0n) is 14.3. The van der Waals surface area contributed by atoms with Crippen LogP contribution in [0, 0.1) is 6.92 Å². The lowest BCUT2D eigenvalue weighted by molar-refractivity contribution is -0.114. The van der Waals surface area contributed by atoms with Crippen molar-refractivity contribution in [1.29, 1.82) is 0 Å². The van der Waals surface area contributed by atoms with Crippen LogP contribution in [-0.4, -0.2) is 12.5 Å². The minimum Gasteiger partial charge on any atom is -0.493 e. The zero-order chi connectivity index (χ0) is 16.7. The van der Waals surface area contributed by atoms with Crippen molar-refractivity contribution in [3.63, 3.8) is 0 Å². The average Bonchev–Trinajstić information content (AvgIpc) is 3.40. The molecule has 4 rings (SSSR count). The molecule has 0 aromatic heterocycles. The number of anilines is 1. The van der Waals surface area contributed by atoms with E-state index in [1.165, 1.54) is 35.1 Å². The molecule has 2 aromatic carbocycles. The van der Waals surface area contributed by atoms with Gasteiger partial charge in [-0.05, 0) is 90.6 Å². The van der Waals surface area contributed by atoms with E-state index < -0.39 is 0 Å². The van der Waals surface area contributed by atoms with E-state index in [0.717, 1.165) is 36.4 Å². The van der Waals surface area contributed by atoms with E-state index >= 15 is 0 Å². The summed E-state index contributed by atoms with van der Waals surface area (Å²) in [5.41, 5.74) is 7.29. The van der Waals surface area contributed by atoms with Crippen molar-refractivity contribution in [3.05, 3.63) is 47.0 Å². The van der Waals surface area contributed by atoms with E-state index in [0.29, 0.717) is 5.92 Å². The SMILES string of the molecule is CC(=O)Nc1cc(C2CC2)c(-c2ccc3c(c2)CCCO3)cc1C. The molecule has 3 heteroatoms. The molecular formula is C21H23NO2. The van der Waals surface area contributed by atoms with E-state index in [2.05, 4.69) is 42.6 Å². The standard InChI is InChI=1S/C21H23NO2/c1-13-10-18(16-7-8-21-17(11-16)4-3-9-24-21)19(15-5-6-15)12-20(13)22-14(2)23/h7-8,10-12,15H,3-6,9H2,1-2H3,(H,22,23).